The normalized spacial score (nSPS) is 35.6. The van der Waals surface area contributed by atoms with Gasteiger partial charge in [-0.25, -0.2) is 0 Å². The largest absolute Gasteiger partial charge is 0.510 e. The Hall–Kier alpha value is -1.68. The number of nitrogens with one attached hydrogen (secondary N) is 1. The number of hydrogen-bond acceptors (Lipinski definition) is 12. The summed E-state index contributed by atoms with van der Waals surface area (Å²) in [5.74, 6) is 0.0147. The van der Waals surface area contributed by atoms with E-state index in [9.17, 15) is 4.79 Å². The standard InChI is InChI=1S/C28H41B2NO10S2/c1-13-8-16(6-7-17(13)38-27-28(4,5)25(41-43-11-30)21(39-27)15(3)32)9-14(2)26(35)31-18-19(33)20(34)23-24(37-12-36-23)22(18)40-42-10-29/h6-9,18-25,27,32-34H,3,10-12,29-30H2,1-2,4-5H3,(H,31,35)/b14-9+/t18?,19-,20+,21+,22+,23+,24-,25+,27+/m0/s1/i29TD,30TD,33T,34T/hT. The first-order valence-electron chi connectivity index (χ1n) is 17.2. The molecule has 11 nitrogen and oxygen atoms in total. The monoisotopic (exact) mass is 649 g/mol. The van der Waals surface area contributed by atoms with Gasteiger partial charge in [-0.05, 0) is 83.9 Å². The summed E-state index contributed by atoms with van der Waals surface area (Å²) in [6.45, 7) is 10.8. The summed E-state index contributed by atoms with van der Waals surface area (Å²) in [4.78, 5) is 13.5. The highest BCUT2D eigenvalue weighted by molar-refractivity contribution is 7.95. The molecule has 4 N–H and O–H groups in total. The van der Waals surface area contributed by atoms with E-state index in [2.05, 4.69) is 17.0 Å². The number of hydrogen-bond donors (Lipinski definition) is 4. The Balaban J connectivity index is 1.48. The van der Waals surface area contributed by atoms with Crippen molar-refractivity contribution >= 4 is 51.6 Å². The Kier molecular flexibility index (Phi) is 8.67. The van der Waals surface area contributed by atoms with E-state index in [0.717, 1.165) is 29.6 Å². The van der Waals surface area contributed by atoms with Crippen molar-refractivity contribution in [3.05, 3.63) is 47.2 Å². The highest BCUT2D eigenvalue weighted by Crippen LogP contribution is 2.44. The number of carbonyl (C=O) groups is 1. The van der Waals surface area contributed by atoms with Crippen molar-refractivity contribution in [1.29, 1.82) is 9.64 Å². The maximum Gasteiger partial charge on any atom is 0.293 e. The van der Waals surface area contributed by atoms with Crippen molar-refractivity contribution in [2.45, 2.75) is 82.8 Å². The van der Waals surface area contributed by atoms with Crippen molar-refractivity contribution < 1.29 is 47.4 Å². The van der Waals surface area contributed by atoms with Gasteiger partial charge in [-0.2, -0.15) is 0 Å². The highest BCUT2D eigenvalue weighted by atomic mass is 32.2. The predicted molar refractivity (Wildman–Crippen MR) is 170 cm³/mol. The van der Waals surface area contributed by atoms with Crippen LogP contribution in [0.3, 0.4) is 0 Å². The van der Waals surface area contributed by atoms with E-state index < -0.39 is 81.9 Å². The molecule has 3 aliphatic rings. The zero-order valence-electron chi connectivity index (χ0n) is 31.4. The highest BCUT2D eigenvalue weighted by Gasteiger charge is 2.56. The molecule has 2 aliphatic heterocycles. The average Bonchev–Trinajstić information content (AvgIpc) is 3.64. The summed E-state index contributed by atoms with van der Waals surface area (Å²) in [5.41, 5.74) is 1.08. The molecule has 1 aliphatic carbocycles. The maximum absolute atomic E-state index is 13.5. The first-order valence-corrected chi connectivity index (χ1v) is 15.5. The number of carbonyl (C=O) groups excluding carboxylic acids is 1. The van der Waals surface area contributed by atoms with Crippen LogP contribution in [0.15, 0.2) is 36.1 Å². The van der Waals surface area contributed by atoms with Crippen LogP contribution in [0.2, 0.25) is 0 Å². The van der Waals surface area contributed by atoms with Gasteiger partial charge in [0.1, 0.15) is 76.6 Å². The zero-order valence-corrected chi connectivity index (χ0v) is 26.0. The molecular formula is C28H41B2NO10S2. The van der Waals surface area contributed by atoms with Gasteiger partial charge in [0, 0.05) is 5.57 Å². The van der Waals surface area contributed by atoms with Gasteiger partial charge in [-0.1, -0.05) is 26.5 Å². The lowest BCUT2D eigenvalue weighted by Gasteiger charge is -2.43. The van der Waals surface area contributed by atoms with Crippen LogP contribution in [0, 0.1) is 12.3 Å². The molecule has 43 heavy (non-hydrogen) atoms. The Morgan fingerprint density at radius 3 is 2.72 bits per heavy atom. The smallest absolute Gasteiger partial charge is 0.293 e. The van der Waals surface area contributed by atoms with Gasteiger partial charge in [0.2, 0.25) is 15.1 Å². The van der Waals surface area contributed by atoms with Gasteiger partial charge in [0.25, 0.3) is 1.43 Å². The van der Waals surface area contributed by atoms with Gasteiger partial charge in [-0.15, -0.1) is 0 Å². The second-order valence-corrected chi connectivity index (χ2v) is 12.6. The third kappa shape index (κ3) is 7.42. The molecule has 15 heteroatoms. The zero-order chi connectivity index (χ0) is 36.7. The van der Waals surface area contributed by atoms with Gasteiger partial charge in [0.15, 0.2) is 0 Å². The minimum absolute atomic E-state index is 0.0191. The van der Waals surface area contributed by atoms with Crippen molar-refractivity contribution in [1.82, 2.24) is 5.32 Å². The van der Waals surface area contributed by atoms with Crippen molar-refractivity contribution in [2.75, 3.05) is 18.1 Å². The number of aliphatic hydroxyl groups excluding tert-OH is 3. The quantitative estimate of drug-likeness (QED) is 0.0821. The molecule has 1 saturated carbocycles. The number of aryl methyl sites for hydroxylation is 1. The van der Waals surface area contributed by atoms with Crippen LogP contribution in [0.25, 0.3) is 7.51 Å². The van der Waals surface area contributed by atoms with Crippen molar-refractivity contribution in [3.8, 4) is 5.75 Å². The minimum atomic E-state index is -1.17. The fraction of sp³-hybridized carbons (Fsp3) is 0.607. The molecule has 0 spiro atoms. The molecule has 2 heterocycles. The Morgan fingerprint density at radius 1 is 1.28 bits per heavy atom. The van der Waals surface area contributed by atoms with Crippen LogP contribution < -0.4 is 10.1 Å². The second-order valence-electron chi connectivity index (χ2n) is 11.1. The number of benzene rings is 1. The fourth-order valence-electron chi connectivity index (χ4n) is 5.34. The van der Waals surface area contributed by atoms with E-state index in [0.29, 0.717) is 16.9 Å². The van der Waals surface area contributed by atoms with Crippen LogP contribution in [-0.2, 0) is 27.4 Å². The third-order valence-corrected chi connectivity index (χ3v) is 8.66. The topological polar surface area (TPSA) is 145 Å². The SMILES string of the molecule is [2H]B([3H])CSO[C@@H]1C(NC(=O)/C(C)=C/c2ccc(O[C@@H]3O[C@H](C(=C)O[3H])[C@@H](OSCB([2H])[3H])C3(C)C)c(C)c2)[C@H](O[3H])[C@@H](O[3H])[C@H]2OCO[C@H]21. The first-order chi connectivity index (χ1) is 23.7. The third-order valence-electron chi connectivity index (χ3n) is 7.69. The average molecular weight is 649 g/mol. The number of fused-ring (bicyclic) bond motifs is 1. The van der Waals surface area contributed by atoms with Crippen LogP contribution in [0.4, 0.5) is 0 Å². The summed E-state index contributed by atoms with van der Waals surface area (Å²) in [7, 11) is -2.23. The predicted octanol–water partition coefficient (Wildman–Crippen LogP) is 0.810. The molecular weight excluding hydrogens is 596 g/mol. The number of rotatable bonds is 17. The molecule has 1 aromatic carbocycles. The summed E-state index contributed by atoms with van der Waals surface area (Å²) < 4.78 is 87.9. The van der Waals surface area contributed by atoms with Crippen LogP contribution in [0.1, 0.15) is 31.9 Å². The molecule has 1 aromatic rings. The fourth-order valence-corrected chi connectivity index (χ4v) is 6.37. The van der Waals surface area contributed by atoms with E-state index in [1.165, 1.54) is 0 Å². The van der Waals surface area contributed by atoms with E-state index >= 15 is 0 Å². The lowest BCUT2D eigenvalue weighted by molar-refractivity contribution is -0.147. The minimum Gasteiger partial charge on any atom is -0.510 e. The molecule has 4 rings (SSSR count). The summed E-state index contributed by atoms with van der Waals surface area (Å²) in [5, 5.41) is 17.2. The molecule has 0 radical (unpaired) electrons. The summed E-state index contributed by atoms with van der Waals surface area (Å²) in [6.07, 6.45) is -5.39. The number of amides is 1. The van der Waals surface area contributed by atoms with E-state index in [1.54, 1.807) is 25.1 Å². The molecule has 0 aromatic heterocycles. The van der Waals surface area contributed by atoms with Gasteiger partial charge in [0.05, 0.1) is 11.5 Å². The molecule has 2 saturated heterocycles. The molecule has 3 fully saturated rings. The molecule has 0 bridgehead atoms. The maximum atomic E-state index is 13.5. The van der Waals surface area contributed by atoms with Crippen molar-refractivity contribution in [3.63, 3.8) is 0 Å². The molecule has 1 amide bonds. The molecule has 9 atom stereocenters. The van der Waals surface area contributed by atoms with Crippen molar-refractivity contribution in [2.24, 2.45) is 5.41 Å². The van der Waals surface area contributed by atoms with E-state index in [1.807, 2.05) is 26.8 Å². The molecule has 1 unspecified atom stereocenters. The second kappa shape index (κ2) is 14.6. The summed E-state index contributed by atoms with van der Waals surface area (Å²) >= 11 is 1.82. The number of aliphatic hydroxyl groups is 3. The Bertz CT molecular complexity index is 1360. The van der Waals surface area contributed by atoms with Gasteiger partial charge < -0.3 is 48.0 Å². The van der Waals surface area contributed by atoms with E-state index in [4.69, 9.17) is 47.2 Å². The first kappa shape index (κ1) is 25.5. The lowest BCUT2D eigenvalue weighted by Crippen LogP contribution is -2.67. The molecule has 236 valence electrons. The summed E-state index contributed by atoms with van der Waals surface area (Å²) in [6, 6.07) is 4.30. The Labute approximate surface area is 273 Å². The van der Waals surface area contributed by atoms with Crippen LogP contribution >= 0.6 is 24.1 Å². The number of ether oxygens (including phenoxy) is 4. The Morgan fingerprint density at radius 2 is 2.02 bits per heavy atom. The lowest BCUT2D eigenvalue weighted by atomic mass is 9.83. The van der Waals surface area contributed by atoms with Gasteiger partial charge >= 0.3 is 0 Å². The van der Waals surface area contributed by atoms with Gasteiger partial charge in [-0.3, -0.25) is 4.79 Å². The van der Waals surface area contributed by atoms with Crippen LogP contribution in [-0.4, -0.2) is 118 Å². The van der Waals surface area contributed by atoms with Crippen LogP contribution in [0.5, 0.6) is 5.75 Å². The van der Waals surface area contributed by atoms with E-state index in [-0.39, 0.29) is 23.9 Å².